The van der Waals surface area contributed by atoms with E-state index in [0.29, 0.717) is 22.6 Å². The van der Waals surface area contributed by atoms with Gasteiger partial charge in [0.15, 0.2) is 0 Å². The van der Waals surface area contributed by atoms with Gasteiger partial charge < -0.3 is 14.2 Å². The standard InChI is InChI=1S/C22H23N5O2/c1-15-12-23-22-24-19(14-27(22)13-15)18-10-16-4-5-17(11-20(16)29-21(18)28)26-7-3-6-25(2)8-9-26/h4-5,10-14H,3,6-9H2,1-2H3. The average molecular weight is 389 g/mol. The third-order valence-corrected chi connectivity index (χ3v) is 5.52. The molecule has 0 N–H and O–H groups in total. The zero-order valence-electron chi connectivity index (χ0n) is 16.6. The van der Waals surface area contributed by atoms with Gasteiger partial charge in [-0.25, -0.2) is 14.8 Å². The quantitative estimate of drug-likeness (QED) is 0.491. The molecule has 4 aromatic rings. The van der Waals surface area contributed by atoms with Crippen molar-refractivity contribution in [2.45, 2.75) is 13.3 Å². The normalized spacial score (nSPS) is 15.9. The Morgan fingerprint density at radius 2 is 1.97 bits per heavy atom. The number of anilines is 1. The third-order valence-electron chi connectivity index (χ3n) is 5.52. The van der Waals surface area contributed by atoms with Crippen LogP contribution in [0.2, 0.25) is 0 Å². The van der Waals surface area contributed by atoms with Crippen LogP contribution < -0.4 is 10.5 Å². The molecule has 1 fully saturated rings. The van der Waals surface area contributed by atoms with Crippen molar-refractivity contribution >= 4 is 22.4 Å². The van der Waals surface area contributed by atoms with Crippen LogP contribution in [0.4, 0.5) is 5.69 Å². The molecule has 0 saturated carbocycles. The van der Waals surface area contributed by atoms with Crippen LogP contribution in [0.3, 0.4) is 0 Å². The first-order valence-electron chi connectivity index (χ1n) is 9.90. The van der Waals surface area contributed by atoms with Crippen LogP contribution in [-0.4, -0.2) is 52.5 Å². The molecule has 0 aliphatic carbocycles. The van der Waals surface area contributed by atoms with E-state index in [4.69, 9.17) is 4.42 Å². The topological polar surface area (TPSA) is 66.9 Å². The average Bonchev–Trinajstić information content (AvgIpc) is 2.99. The number of nitrogens with zero attached hydrogens (tertiary/aromatic N) is 5. The monoisotopic (exact) mass is 389 g/mol. The van der Waals surface area contributed by atoms with E-state index in [1.54, 1.807) is 6.20 Å². The Balaban J connectivity index is 1.53. The highest BCUT2D eigenvalue weighted by molar-refractivity contribution is 5.84. The van der Waals surface area contributed by atoms with Gasteiger partial charge in [0.2, 0.25) is 5.78 Å². The lowest BCUT2D eigenvalue weighted by molar-refractivity contribution is 0.360. The van der Waals surface area contributed by atoms with E-state index in [1.807, 2.05) is 41.9 Å². The van der Waals surface area contributed by atoms with Crippen molar-refractivity contribution in [2.24, 2.45) is 0 Å². The maximum atomic E-state index is 12.7. The molecular formula is C22H23N5O2. The highest BCUT2D eigenvalue weighted by Gasteiger charge is 2.16. The number of rotatable bonds is 2. The van der Waals surface area contributed by atoms with Crippen molar-refractivity contribution in [2.75, 3.05) is 38.1 Å². The van der Waals surface area contributed by atoms with Crippen LogP contribution in [0.5, 0.6) is 0 Å². The summed E-state index contributed by atoms with van der Waals surface area (Å²) in [7, 11) is 2.15. The number of aromatic nitrogens is 3. The number of fused-ring (bicyclic) bond motifs is 2. The molecule has 0 radical (unpaired) electrons. The zero-order chi connectivity index (χ0) is 20.0. The van der Waals surface area contributed by atoms with Crippen molar-refractivity contribution < 1.29 is 4.42 Å². The molecule has 7 nitrogen and oxygen atoms in total. The molecule has 0 atom stereocenters. The van der Waals surface area contributed by atoms with Gasteiger partial charge in [0.1, 0.15) is 5.58 Å². The van der Waals surface area contributed by atoms with Crippen LogP contribution >= 0.6 is 0 Å². The number of aryl methyl sites for hydroxylation is 1. The van der Waals surface area contributed by atoms with Gasteiger partial charge in [-0.1, -0.05) is 0 Å². The van der Waals surface area contributed by atoms with Gasteiger partial charge in [0, 0.05) is 55.4 Å². The largest absolute Gasteiger partial charge is 0.422 e. The van der Waals surface area contributed by atoms with E-state index in [9.17, 15) is 4.79 Å². The molecule has 148 valence electrons. The lowest BCUT2D eigenvalue weighted by Crippen LogP contribution is -2.28. The van der Waals surface area contributed by atoms with E-state index in [1.165, 1.54) is 0 Å². The number of hydrogen-bond acceptors (Lipinski definition) is 6. The second-order valence-electron chi connectivity index (χ2n) is 7.78. The fourth-order valence-corrected chi connectivity index (χ4v) is 3.90. The Kier molecular flexibility index (Phi) is 4.32. The Labute approximate surface area is 168 Å². The van der Waals surface area contributed by atoms with Crippen molar-refractivity contribution in [1.29, 1.82) is 0 Å². The van der Waals surface area contributed by atoms with Crippen LogP contribution in [0.25, 0.3) is 28.0 Å². The molecule has 0 bridgehead atoms. The summed E-state index contributed by atoms with van der Waals surface area (Å²) in [6.07, 6.45) is 6.64. The van der Waals surface area contributed by atoms with Gasteiger partial charge >= 0.3 is 5.63 Å². The van der Waals surface area contributed by atoms with Gasteiger partial charge in [-0.15, -0.1) is 0 Å². The number of benzene rings is 1. The molecule has 0 unspecified atom stereocenters. The molecule has 29 heavy (non-hydrogen) atoms. The lowest BCUT2D eigenvalue weighted by atomic mass is 10.1. The zero-order valence-corrected chi connectivity index (χ0v) is 16.6. The van der Waals surface area contributed by atoms with E-state index >= 15 is 0 Å². The van der Waals surface area contributed by atoms with Gasteiger partial charge in [0.25, 0.3) is 0 Å². The summed E-state index contributed by atoms with van der Waals surface area (Å²) >= 11 is 0. The SMILES string of the molecule is Cc1cnc2nc(-c3cc4ccc(N5CCCN(C)CC5)cc4oc3=O)cn2c1. The second-order valence-corrected chi connectivity index (χ2v) is 7.78. The van der Waals surface area contributed by atoms with Crippen LogP contribution in [0, 0.1) is 6.92 Å². The predicted molar refractivity (Wildman–Crippen MR) is 114 cm³/mol. The highest BCUT2D eigenvalue weighted by Crippen LogP contribution is 2.25. The number of likely N-dealkylation sites (N-methyl/N-ethyl adjacent to an activating group) is 1. The van der Waals surface area contributed by atoms with Crippen LogP contribution in [0.1, 0.15) is 12.0 Å². The Morgan fingerprint density at radius 3 is 2.86 bits per heavy atom. The van der Waals surface area contributed by atoms with Crippen LogP contribution in [-0.2, 0) is 0 Å². The molecule has 1 saturated heterocycles. The molecule has 4 heterocycles. The Hall–Kier alpha value is -3.19. The molecule has 1 aliphatic rings. The first-order chi connectivity index (χ1) is 14.1. The van der Waals surface area contributed by atoms with Crippen LogP contribution in [0.15, 0.2) is 52.1 Å². The molecule has 1 aliphatic heterocycles. The van der Waals surface area contributed by atoms with E-state index in [-0.39, 0.29) is 5.63 Å². The minimum atomic E-state index is -0.384. The molecule has 5 rings (SSSR count). The van der Waals surface area contributed by atoms with Crippen molar-refractivity contribution in [3.05, 3.63) is 58.8 Å². The minimum absolute atomic E-state index is 0.384. The summed E-state index contributed by atoms with van der Waals surface area (Å²) in [6, 6.07) is 7.95. The highest BCUT2D eigenvalue weighted by atomic mass is 16.4. The fourth-order valence-electron chi connectivity index (χ4n) is 3.90. The third kappa shape index (κ3) is 3.38. The van der Waals surface area contributed by atoms with E-state index in [0.717, 1.165) is 49.2 Å². The molecular weight excluding hydrogens is 366 g/mol. The predicted octanol–water partition coefficient (Wildman–Crippen LogP) is 2.95. The van der Waals surface area contributed by atoms with Gasteiger partial charge in [0.05, 0.1) is 11.3 Å². The molecule has 0 amide bonds. The maximum Gasteiger partial charge on any atom is 0.345 e. The molecule has 1 aromatic carbocycles. The fraction of sp³-hybridized carbons (Fsp3) is 0.318. The lowest BCUT2D eigenvalue weighted by Gasteiger charge is -2.22. The van der Waals surface area contributed by atoms with Gasteiger partial charge in [-0.2, -0.15) is 0 Å². The van der Waals surface area contributed by atoms with Gasteiger partial charge in [-0.05, 0) is 50.7 Å². The summed E-state index contributed by atoms with van der Waals surface area (Å²) in [5.41, 5.74) is 3.36. The second kappa shape index (κ2) is 7.00. The molecule has 0 spiro atoms. The number of hydrogen-bond donors (Lipinski definition) is 0. The summed E-state index contributed by atoms with van der Waals surface area (Å²) in [5, 5.41) is 0.886. The summed E-state index contributed by atoms with van der Waals surface area (Å²) in [5.74, 6) is 0.562. The molecule has 7 heteroatoms. The van der Waals surface area contributed by atoms with Crippen molar-refractivity contribution in [3.63, 3.8) is 0 Å². The smallest absolute Gasteiger partial charge is 0.345 e. The Morgan fingerprint density at radius 1 is 1.07 bits per heavy atom. The van der Waals surface area contributed by atoms with Gasteiger partial charge in [-0.3, -0.25) is 4.40 Å². The maximum absolute atomic E-state index is 12.7. The first-order valence-corrected chi connectivity index (χ1v) is 9.90. The van der Waals surface area contributed by atoms with E-state index in [2.05, 4.69) is 32.9 Å². The Bertz CT molecular complexity index is 1260. The summed E-state index contributed by atoms with van der Waals surface area (Å²) < 4.78 is 7.52. The van der Waals surface area contributed by atoms with E-state index < -0.39 is 0 Å². The van der Waals surface area contributed by atoms with Crippen molar-refractivity contribution in [3.8, 4) is 11.3 Å². The summed E-state index contributed by atoms with van der Waals surface area (Å²) in [6.45, 7) is 6.08. The first kappa shape index (κ1) is 17.9. The summed E-state index contributed by atoms with van der Waals surface area (Å²) in [4.78, 5) is 26.2. The molecule has 3 aromatic heterocycles. The minimum Gasteiger partial charge on any atom is -0.422 e. The van der Waals surface area contributed by atoms with Crippen molar-refractivity contribution in [1.82, 2.24) is 19.3 Å². The number of imidazole rings is 1.